The Balaban J connectivity index is 1.73. The van der Waals surface area contributed by atoms with E-state index in [4.69, 9.17) is 24.5 Å². The quantitative estimate of drug-likeness (QED) is 0.638. The number of morpholine rings is 1. The van der Waals surface area contributed by atoms with Gasteiger partial charge in [-0.25, -0.2) is 14.6 Å². The number of hydrogen-bond acceptors (Lipinski definition) is 6. The molecule has 7 nitrogen and oxygen atoms in total. The third kappa shape index (κ3) is 4.31. The van der Waals surface area contributed by atoms with Gasteiger partial charge in [0.15, 0.2) is 11.6 Å². The molecule has 3 heterocycles. The van der Waals surface area contributed by atoms with Crippen LogP contribution in [0.1, 0.15) is 30.8 Å². The Labute approximate surface area is 171 Å². The van der Waals surface area contributed by atoms with Crippen molar-refractivity contribution in [1.82, 2.24) is 19.7 Å². The molecule has 0 aliphatic carbocycles. The van der Waals surface area contributed by atoms with Crippen molar-refractivity contribution in [2.45, 2.75) is 26.4 Å². The number of nitrogens with zero attached hydrogens (tertiary/aromatic N) is 5. The minimum absolute atomic E-state index is 0.151. The summed E-state index contributed by atoms with van der Waals surface area (Å²) in [6, 6.07) is 12.3. The second-order valence-corrected chi connectivity index (χ2v) is 7.19. The van der Waals surface area contributed by atoms with Crippen LogP contribution in [0.4, 0.5) is 5.82 Å². The highest BCUT2D eigenvalue weighted by molar-refractivity contribution is 5.60. The third-order valence-electron chi connectivity index (χ3n) is 5.13. The van der Waals surface area contributed by atoms with Gasteiger partial charge in [-0.15, -0.1) is 0 Å². The number of aryl methyl sites for hydroxylation is 1. The van der Waals surface area contributed by atoms with Gasteiger partial charge in [0.2, 0.25) is 0 Å². The molecule has 1 aromatic carbocycles. The average Bonchev–Trinajstić information content (AvgIpc) is 3.26. The molecule has 7 heteroatoms. The fourth-order valence-corrected chi connectivity index (χ4v) is 3.52. The van der Waals surface area contributed by atoms with Crippen molar-refractivity contribution in [2.24, 2.45) is 0 Å². The molecule has 1 unspecified atom stereocenters. The van der Waals surface area contributed by atoms with Crippen molar-refractivity contribution in [3.63, 3.8) is 0 Å². The lowest BCUT2D eigenvalue weighted by Gasteiger charge is -2.28. The predicted octanol–water partition coefficient (Wildman–Crippen LogP) is 3.57. The van der Waals surface area contributed by atoms with Gasteiger partial charge in [-0.1, -0.05) is 30.7 Å². The van der Waals surface area contributed by atoms with E-state index < -0.39 is 0 Å². The molecular weight excluding hydrogens is 366 g/mol. The first kappa shape index (κ1) is 19.5. The van der Waals surface area contributed by atoms with Crippen LogP contribution >= 0.6 is 0 Å². The van der Waals surface area contributed by atoms with E-state index >= 15 is 0 Å². The first-order valence-electron chi connectivity index (χ1n) is 10.1. The molecule has 0 spiro atoms. The smallest absolute Gasteiger partial charge is 0.161 e. The SMILES string of the molecule is CCC(OC)c1nc(N2CCOCC2)cc(-n2ccc(-c3cccc(C)c3)n2)n1. The molecule has 0 radical (unpaired) electrons. The molecule has 4 rings (SSSR count). The Kier molecular flexibility index (Phi) is 5.87. The lowest BCUT2D eigenvalue weighted by Crippen LogP contribution is -2.37. The van der Waals surface area contributed by atoms with Crippen LogP contribution in [-0.4, -0.2) is 53.2 Å². The summed E-state index contributed by atoms with van der Waals surface area (Å²) >= 11 is 0. The van der Waals surface area contributed by atoms with Crippen LogP contribution in [0.15, 0.2) is 42.6 Å². The van der Waals surface area contributed by atoms with E-state index in [0.29, 0.717) is 19.0 Å². The number of anilines is 1. The molecular formula is C22H27N5O2. The van der Waals surface area contributed by atoms with E-state index in [-0.39, 0.29) is 6.10 Å². The summed E-state index contributed by atoms with van der Waals surface area (Å²) < 4.78 is 12.9. The summed E-state index contributed by atoms with van der Waals surface area (Å²) in [5.41, 5.74) is 3.22. The van der Waals surface area contributed by atoms with Gasteiger partial charge in [0, 0.05) is 38.0 Å². The molecule has 0 bridgehead atoms. The Bertz CT molecular complexity index is 961. The zero-order chi connectivity index (χ0) is 20.2. The number of benzene rings is 1. The van der Waals surface area contributed by atoms with Crippen LogP contribution in [0.2, 0.25) is 0 Å². The number of ether oxygens (including phenoxy) is 2. The van der Waals surface area contributed by atoms with Crippen molar-refractivity contribution in [3.8, 4) is 17.1 Å². The van der Waals surface area contributed by atoms with E-state index in [1.165, 1.54) is 5.56 Å². The van der Waals surface area contributed by atoms with Crippen LogP contribution in [0.5, 0.6) is 0 Å². The highest BCUT2D eigenvalue weighted by atomic mass is 16.5. The van der Waals surface area contributed by atoms with Gasteiger partial charge in [-0.2, -0.15) is 5.10 Å². The van der Waals surface area contributed by atoms with Crippen molar-refractivity contribution in [3.05, 3.63) is 54.0 Å². The van der Waals surface area contributed by atoms with E-state index in [0.717, 1.165) is 42.4 Å². The maximum Gasteiger partial charge on any atom is 0.161 e. The Morgan fingerprint density at radius 2 is 1.90 bits per heavy atom. The second kappa shape index (κ2) is 8.71. The Morgan fingerprint density at radius 3 is 2.62 bits per heavy atom. The van der Waals surface area contributed by atoms with Gasteiger partial charge in [0.1, 0.15) is 11.9 Å². The molecule has 0 saturated carbocycles. The topological polar surface area (TPSA) is 65.3 Å². The first-order valence-corrected chi connectivity index (χ1v) is 10.1. The number of methoxy groups -OCH3 is 1. The summed E-state index contributed by atoms with van der Waals surface area (Å²) in [4.78, 5) is 11.8. The molecule has 29 heavy (non-hydrogen) atoms. The standard InChI is InChI=1S/C22H27N5O2/c1-4-19(28-3)22-23-20(26-10-12-29-13-11-26)15-21(24-22)27-9-8-18(25-27)17-7-5-6-16(2)14-17/h5-9,14-15,19H,4,10-13H2,1-3H3. The van der Waals surface area contributed by atoms with E-state index in [1.54, 1.807) is 7.11 Å². The van der Waals surface area contributed by atoms with Crippen molar-refractivity contribution in [1.29, 1.82) is 0 Å². The normalized spacial score (nSPS) is 15.5. The predicted molar refractivity (Wildman–Crippen MR) is 112 cm³/mol. The summed E-state index contributed by atoms with van der Waals surface area (Å²) in [6.07, 6.45) is 2.60. The summed E-state index contributed by atoms with van der Waals surface area (Å²) in [6.45, 7) is 7.19. The zero-order valence-electron chi connectivity index (χ0n) is 17.2. The minimum atomic E-state index is -0.151. The number of aromatic nitrogens is 4. The van der Waals surface area contributed by atoms with Crippen molar-refractivity contribution >= 4 is 5.82 Å². The van der Waals surface area contributed by atoms with Gasteiger partial charge >= 0.3 is 0 Å². The van der Waals surface area contributed by atoms with E-state index in [2.05, 4.69) is 36.9 Å². The maximum absolute atomic E-state index is 5.61. The molecule has 1 saturated heterocycles. The fourth-order valence-electron chi connectivity index (χ4n) is 3.52. The highest BCUT2D eigenvalue weighted by Gasteiger charge is 2.20. The molecule has 2 aromatic heterocycles. The lowest BCUT2D eigenvalue weighted by atomic mass is 10.1. The fraction of sp³-hybridized carbons (Fsp3) is 0.409. The first-order chi connectivity index (χ1) is 14.2. The minimum Gasteiger partial charge on any atom is -0.378 e. The average molecular weight is 393 g/mol. The largest absolute Gasteiger partial charge is 0.378 e. The molecule has 1 aliphatic rings. The monoisotopic (exact) mass is 393 g/mol. The molecule has 3 aromatic rings. The van der Waals surface area contributed by atoms with Gasteiger partial charge in [0.05, 0.1) is 18.9 Å². The van der Waals surface area contributed by atoms with Gasteiger partial charge < -0.3 is 14.4 Å². The van der Waals surface area contributed by atoms with Crippen LogP contribution in [0, 0.1) is 6.92 Å². The van der Waals surface area contributed by atoms with Crippen molar-refractivity contribution in [2.75, 3.05) is 38.3 Å². The van der Waals surface area contributed by atoms with Crippen LogP contribution < -0.4 is 4.90 Å². The second-order valence-electron chi connectivity index (χ2n) is 7.19. The summed E-state index contributed by atoms with van der Waals surface area (Å²) in [5, 5.41) is 4.77. The van der Waals surface area contributed by atoms with Crippen molar-refractivity contribution < 1.29 is 9.47 Å². The van der Waals surface area contributed by atoms with Crippen LogP contribution in [0.25, 0.3) is 17.1 Å². The molecule has 152 valence electrons. The lowest BCUT2D eigenvalue weighted by molar-refractivity contribution is 0.0923. The van der Waals surface area contributed by atoms with Gasteiger partial charge in [0.25, 0.3) is 0 Å². The molecule has 1 fully saturated rings. The zero-order valence-corrected chi connectivity index (χ0v) is 17.2. The molecule has 0 N–H and O–H groups in total. The van der Waals surface area contributed by atoms with E-state index in [9.17, 15) is 0 Å². The molecule has 1 aliphatic heterocycles. The van der Waals surface area contributed by atoms with E-state index in [1.807, 2.05) is 29.1 Å². The molecule has 1 atom stereocenters. The third-order valence-corrected chi connectivity index (χ3v) is 5.13. The summed E-state index contributed by atoms with van der Waals surface area (Å²) in [7, 11) is 1.70. The Morgan fingerprint density at radius 1 is 1.10 bits per heavy atom. The van der Waals surface area contributed by atoms with Gasteiger partial charge in [-0.05, 0) is 25.5 Å². The maximum atomic E-state index is 5.61. The Hall–Kier alpha value is -2.77. The summed E-state index contributed by atoms with van der Waals surface area (Å²) in [5.74, 6) is 2.31. The van der Waals surface area contributed by atoms with Crippen LogP contribution in [0.3, 0.4) is 0 Å². The number of hydrogen-bond donors (Lipinski definition) is 0. The molecule has 0 amide bonds. The van der Waals surface area contributed by atoms with Crippen LogP contribution in [-0.2, 0) is 9.47 Å². The number of rotatable bonds is 6. The van der Waals surface area contributed by atoms with Gasteiger partial charge in [-0.3, -0.25) is 0 Å². The highest BCUT2D eigenvalue weighted by Crippen LogP contribution is 2.24.